The number of rotatable bonds is 8. The van der Waals surface area contributed by atoms with Gasteiger partial charge in [-0.2, -0.15) is 0 Å². The van der Waals surface area contributed by atoms with Crippen molar-refractivity contribution in [3.05, 3.63) is 84.0 Å². The lowest BCUT2D eigenvalue weighted by atomic mass is 9.83. The summed E-state index contributed by atoms with van der Waals surface area (Å²) in [7, 11) is 1.94. The molecule has 0 amide bonds. The van der Waals surface area contributed by atoms with Crippen molar-refractivity contribution in [2.24, 2.45) is 5.92 Å². The van der Waals surface area contributed by atoms with E-state index in [-0.39, 0.29) is 6.73 Å². The molecule has 1 N–H and O–H groups in total. The predicted octanol–water partition coefficient (Wildman–Crippen LogP) is 5.45. The molecule has 0 bridgehead atoms. The first-order chi connectivity index (χ1) is 12.7. The van der Waals surface area contributed by atoms with Crippen molar-refractivity contribution in [3.8, 4) is 0 Å². The van der Waals surface area contributed by atoms with Crippen molar-refractivity contribution in [2.75, 3.05) is 20.3 Å². The fourth-order valence-electron chi connectivity index (χ4n) is 3.32. The van der Waals surface area contributed by atoms with Gasteiger partial charge in [-0.25, -0.2) is 0 Å². The quantitative estimate of drug-likeness (QED) is 0.498. The van der Waals surface area contributed by atoms with Crippen LogP contribution < -0.4 is 0 Å². The third kappa shape index (κ3) is 5.42. The first kappa shape index (κ1) is 20.2. The lowest BCUT2D eigenvalue weighted by molar-refractivity contribution is 0.134. The highest BCUT2D eigenvalue weighted by molar-refractivity contribution is 5.81. The topological polar surface area (TPSA) is 23.5 Å². The van der Waals surface area contributed by atoms with Gasteiger partial charge in [0.25, 0.3) is 0 Å². The molecule has 1 aromatic carbocycles. The zero-order valence-electron chi connectivity index (χ0n) is 16.1. The molecule has 0 radical (unpaired) electrons. The van der Waals surface area contributed by atoms with Gasteiger partial charge in [0.05, 0.1) is 6.73 Å². The maximum absolute atomic E-state index is 9.24. The molecule has 0 aromatic heterocycles. The summed E-state index contributed by atoms with van der Waals surface area (Å²) in [6, 6.07) is 8.60. The number of nitrogens with zero attached hydrogens (tertiary/aromatic N) is 1. The number of allylic oxidation sites excluding steroid dienone is 7. The standard InChI is InChI=1S/C24H31NO/c1-4-6-7-12-20-16-17-21-13-8-9-14-23(21)24(22(20)11-5-2)15-10-18-25(3)19-26/h4-6,8-9,12-17,22,26H,2,7,10-11,18-19H2,1,3H3. The Balaban J connectivity index is 2.44. The minimum absolute atomic E-state index is 0.0892. The van der Waals surface area contributed by atoms with E-state index in [9.17, 15) is 5.11 Å². The van der Waals surface area contributed by atoms with Gasteiger partial charge in [0, 0.05) is 12.5 Å². The summed E-state index contributed by atoms with van der Waals surface area (Å²) in [5.74, 6) is 0.317. The molecule has 0 spiro atoms. The summed E-state index contributed by atoms with van der Waals surface area (Å²) < 4.78 is 0. The van der Waals surface area contributed by atoms with Gasteiger partial charge in [-0.05, 0) is 55.5 Å². The number of aliphatic hydroxyl groups excluding tert-OH is 1. The Morgan fingerprint density at radius 1 is 1.19 bits per heavy atom. The van der Waals surface area contributed by atoms with Crippen LogP contribution in [0.4, 0.5) is 0 Å². The van der Waals surface area contributed by atoms with Crippen LogP contribution in [0.1, 0.15) is 37.3 Å². The van der Waals surface area contributed by atoms with Crippen molar-refractivity contribution < 1.29 is 5.11 Å². The smallest absolute Gasteiger partial charge is 0.0954 e. The highest BCUT2D eigenvalue weighted by Gasteiger charge is 2.21. The van der Waals surface area contributed by atoms with E-state index in [4.69, 9.17) is 0 Å². The highest BCUT2D eigenvalue weighted by Crippen LogP contribution is 2.38. The summed E-state index contributed by atoms with van der Waals surface area (Å²) in [4.78, 5) is 1.92. The molecule has 0 aliphatic heterocycles. The van der Waals surface area contributed by atoms with Crippen LogP contribution in [0, 0.1) is 5.92 Å². The van der Waals surface area contributed by atoms with Crippen LogP contribution in [0.5, 0.6) is 0 Å². The number of benzene rings is 1. The lowest BCUT2D eigenvalue weighted by Gasteiger charge is -2.21. The van der Waals surface area contributed by atoms with Gasteiger partial charge in [-0.3, -0.25) is 4.90 Å². The first-order valence-electron chi connectivity index (χ1n) is 9.40. The second-order valence-electron chi connectivity index (χ2n) is 6.68. The zero-order chi connectivity index (χ0) is 18.8. The SMILES string of the molecule is C=CCC1C(=CCC=CC)C=Cc2ccccc2C1=CCCN(C)CO. The van der Waals surface area contributed by atoms with Gasteiger partial charge < -0.3 is 5.11 Å². The van der Waals surface area contributed by atoms with Crippen molar-refractivity contribution >= 4 is 11.6 Å². The highest BCUT2D eigenvalue weighted by atomic mass is 16.3. The largest absolute Gasteiger partial charge is 0.381 e. The molecule has 2 heteroatoms. The Labute approximate surface area is 158 Å². The van der Waals surface area contributed by atoms with Gasteiger partial charge in [-0.1, -0.05) is 66.8 Å². The van der Waals surface area contributed by atoms with E-state index >= 15 is 0 Å². The summed E-state index contributed by atoms with van der Waals surface area (Å²) in [6.07, 6.45) is 18.2. The second-order valence-corrected chi connectivity index (χ2v) is 6.68. The average molecular weight is 350 g/mol. The maximum Gasteiger partial charge on any atom is 0.0954 e. The minimum Gasteiger partial charge on any atom is -0.381 e. The molecular weight excluding hydrogens is 318 g/mol. The van der Waals surface area contributed by atoms with Gasteiger partial charge in [0.1, 0.15) is 0 Å². The van der Waals surface area contributed by atoms with Crippen molar-refractivity contribution in [1.82, 2.24) is 4.90 Å². The summed E-state index contributed by atoms with van der Waals surface area (Å²) >= 11 is 0. The minimum atomic E-state index is 0.0892. The Bertz CT molecular complexity index is 709. The van der Waals surface area contributed by atoms with Crippen molar-refractivity contribution in [1.29, 1.82) is 0 Å². The van der Waals surface area contributed by atoms with E-state index in [1.165, 1.54) is 22.3 Å². The molecule has 0 saturated carbocycles. The predicted molar refractivity (Wildman–Crippen MR) is 114 cm³/mol. The first-order valence-corrected chi connectivity index (χ1v) is 9.40. The van der Waals surface area contributed by atoms with E-state index in [2.05, 4.69) is 74.2 Å². The maximum atomic E-state index is 9.24. The van der Waals surface area contributed by atoms with E-state index in [1.54, 1.807) is 0 Å². The fraction of sp³-hybridized carbons (Fsp3) is 0.333. The second kappa shape index (κ2) is 10.7. The monoisotopic (exact) mass is 349 g/mol. The van der Waals surface area contributed by atoms with Crippen LogP contribution in [0.2, 0.25) is 0 Å². The Kier molecular flexibility index (Phi) is 8.33. The molecule has 138 valence electrons. The number of fused-ring (bicyclic) bond motifs is 1. The third-order valence-corrected chi connectivity index (χ3v) is 4.75. The summed E-state index contributed by atoms with van der Waals surface area (Å²) in [6.45, 7) is 6.98. The van der Waals surface area contributed by atoms with Crippen molar-refractivity contribution in [2.45, 2.75) is 26.2 Å². The molecule has 26 heavy (non-hydrogen) atoms. The number of hydrogen-bond donors (Lipinski definition) is 1. The van der Waals surface area contributed by atoms with Gasteiger partial charge >= 0.3 is 0 Å². The van der Waals surface area contributed by atoms with Gasteiger partial charge in [-0.15, -0.1) is 6.58 Å². The Hall–Kier alpha value is -2.16. The molecular formula is C24H31NO. The van der Waals surface area contributed by atoms with Gasteiger partial charge in [0.15, 0.2) is 0 Å². The summed E-state index contributed by atoms with van der Waals surface area (Å²) in [5.41, 5.74) is 5.28. The average Bonchev–Trinajstić information content (AvgIpc) is 2.80. The third-order valence-electron chi connectivity index (χ3n) is 4.75. The van der Waals surface area contributed by atoms with Crippen LogP contribution in [-0.4, -0.2) is 30.3 Å². The van der Waals surface area contributed by atoms with Crippen LogP contribution in [0.25, 0.3) is 11.6 Å². The van der Waals surface area contributed by atoms with E-state index in [0.29, 0.717) is 5.92 Å². The number of hydrogen-bond acceptors (Lipinski definition) is 2. The number of aliphatic hydroxyl groups is 1. The van der Waals surface area contributed by atoms with Crippen LogP contribution in [0.3, 0.4) is 0 Å². The van der Waals surface area contributed by atoms with Gasteiger partial charge in [0.2, 0.25) is 0 Å². The molecule has 0 fully saturated rings. The molecule has 0 heterocycles. The molecule has 2 rings (SSSR count). The van der Waals surface area contributed by atoms with E-state index in [1.807, 2.05) is 18.0 Å². The Morgan fingerprint density at radius 2 is 2.00 bits per heavy atom. The van der Waals surface area contributed by atoms with E-state index < -0.39 is 0 Å². The normalized spacial score (nSPS) is 20.1. The molecule has 2 nitrogen and oxygen atoms in total. The van der Waals surface area contributed by atoms with E-state index in [0.717, 1.165) is 25.8 Å². The molecule has 1 aliphatic rings. The van der Waals surface area contributed by atoms with Crippen LogP contribution >= 0.6 is 0 Å². The Morgan fingerprint density at radius 3 is 2.73 bits per heavy atom. The van der Waals surface area contributed by atoms with Crippen LogP contribution in [-0.2, 0) is 0 Å². The van der Waals surface area contributed by atoms with Crippen LogP contribution in [0.15, 0.2) is 72.9 Å². The molecule has 1 atom stereocenters. The van der Waals surface area contributed by atoms with Crippen molar-refractivity contribution in [3.63, 3.8) is 0 Å². The zero-order valence-corrected chi connectivity index (χ0v) is 16.1. The molecule has 0 saturated heterocycles. The molecule has 1 aromatic rings. The fourth-order valence-corrected chi connectivity index (χ4v) is 3.32. The lowest BCUT2D eigenvalue weighted by Crippen LogP contribution is -2.20. The summed E-state index contributed by atoms with van der Waals surface area (Å²) in [5, 5.41) is 9.24. The molecule has 1 aliphatic carbocycles. The molecule has 1 unspecified atom stereocenters.